The van der Waals surface area contributed by atoms with Crippen LogP contribution in [0.1, 0.15) is 50.3 Å². The maximum absolute atomic E-state index is 11.8. The van der Waals surface area contributed by atoms with Gasteiger partial charge in [0.15, 0.2) is 5.82 Å². The van der Waals surface area contributed by atoms with Gasteiger partial charge in [-0.15, -0.1) is 0 Å². The average Bonchev–Trinajstić information content (AvgIpc) is 2.57. The lowest BCUT2D eigenvalue weighted by Gasteiger charge is -2.23. The predicted octanol–water partition coefficient (Wildman–Crippen LogP) is 2.14. The van der Waals surface area contributed by atoms with E-state index in [0.717, 1.165) is 25.0 Å². The molecule has 0 spiro atoms. The van der Waals surface area contributed by atoms with Crippen molar-refractivity contribution in [2.75, 3.05) is 5.32 Å². The van der Waals surface area contributed by atoms with E-state index in [-0.39, 0.29) is 17.7 Å². The van der Waals surface area contributed by atoms with Gasteiger partial charge in [-0.2, -0.15) is 10.4 Å². The number of aromatic nitrogens is 2. The van der Waals surface area contributed by atoms with Crippen LogP contribution in [0.5, 0.6) is 0 Å². The number of carbonyl (C=O) groups is 1. The summed E-state index contributed by atoms with van der Waals surface area (Å²) in [5.41, 5.74) is 1.23. The van der Waals surface area contributed by atoms with Gasteiger partial charge in [0, 0.05) is 5.92 Å². The molecule has 0 radical (unpaired) electrons. The van der Waals surface area contributed by atoms with Crippen LogP contribution in [-0.4, -0.2) is 16.1 Å². The van der Waals surface area contributed by atoms with E-state index in [1.165, 1.54) is 0 Å². The summed E-state index contributed by atoms with van der Waals surface area (Å²) >= 11 is 0. The summed E-state index contributed by atoms with van der Waals surface area (Å²) in [7, 11) is 0. The second kappa shape index (κ2) is 4.58. The third kappa shape index (κ3) is 2.16. The molecule has 2 rings (SSSR count). The van der Waals surface area contributed by atoms with Crippen LogP contribution < -0.4 is 5.32 Å². The van der Waals surface area contributed by atoms with Crippen LogP contribution in [0.3, 0.4) is 0 Å². The van der Waals surface area contributed by atoms with Crippen molar-refractivity contribution in [3.63, 3.8) is 0 Å². The van der Waals surface area contributed by atoms with Gasteiger partial charge in [-0.1, -0.05) is 20.3 Å². The monoisotopic (exact) mass is 232 g/mol. The van der Waals surface area contributed by atoms with Gasteiger partial charge in [-0.25, -0.2) is 0 Å². The summed E-state index contributed by atoms with van der Waals surface area (Å²) < 4.78 is 0. The van der Waals surface area contributed by atoms with E-state index in [1.54, 1.807) is 0 Å². The summed E-state index contributed by atoms with van der Waals surface area (Å²) in [6, 6.07) is 2.10. The number of carbonyl (C=O) groups excluding carboxylic acids is 1. The molecule has 0 bridgehead atoms. The fourth-order valence-electron chi connectivity index (χ4n) is 1.87. The zero-order valence-corrected chi connectivity index (χ0v) is 10.1. The van der Waals surface area contributed by atoms with Gasteiger partial charge in [-0.3, -0.25) is 9.89 Å². The highest BCUT2D eigenvalue weighted by Crippen LogP contribution is 2.28. The molecule has 0 aromatic carbocycles. The maximum Gasteiger partial charge on any atom is 0.228 e. The van der Waals surface area contributed by atoms with Crippen molar-refractivity contribution in [1.29, 1.82) is 5.26 Å². The number of nitriles is 1. The van der Waals surface area contributed by atoms with Gasteiger partial charge >= 0.3 is 0 Å². The van der Waals surface area contributed by atoms with E-state index >= 15 is 0 Å². The number of rotatable bonds is 3. The first-order valence-electron chi connectivity index (χ1n) is 5.92. The van der Waals surface area contributed by atoms with E-state index in [4.69, 9.17) is 5.26 Å². The number of aromatic amines is 1. The third-order valence-corrected chi connectivity index (χ3v) is 3.20. The molecule has 0 atom stereocenters. The highest BCUT2D eigenvalue weighted by Gasteiger charge is 2.27. The fraction of sp³-hybridized carbons (Fsp3) is 0.583. The van der Waals surface area contributed by atoms with Gasteiger partial charge in [0.05, 0.1) is 5.69 Å². The van der Waals surface area contributed by atoms with Crippen molar-refractivity contribution in [2.24, 2.45) is 5.92 Å². The Kier molecular flexibility index (Phi) is 3.14. The smallest absolute Gasteiger partial charge is 0.228 e. The van der Waals surface area contributed by atoms with Crippen molar-refractivity contribution in [2.45, 2.75) is 39.0 Å². The zero-order chi connectivity index (χ0) is 12.4. The lowest BCUT2D eigenvalue weighted by molar-refractivity contribution is -0.122. The van der Waals surface area contributed by atoms with Crippen LogP contribution in [0.4, 0.5) is 5.82 Å². The SMILES string of the molecule is CC(C)c1[nH]nc(NC(=O)C2CCC2)c1C#N. The summed E-state index contributed by atoms with van der Waals surface area (Å²) in [5.74, 6) is 0.634. The van der Waals surface area contributed by atoms with Gasteiger partial charge < -0.3 is 5.32 Å². The molecule has 1 aromatic heterocycles. The molecule has 1 saturated carbocycles. The second-order valence-corrected chi connectivity index (χ2v) is 4.74. The van der Waals surface area contributed by atoms with E-state index in [9.17, 15) is 4.79 Å². The van der Waals surface area contributed by atoms with Crippen LogP contribution in [0.2, 0.25) is 0 Å². The highest BCUT2D eigenvalue weighted by molar-refractivity contribution is 5.93. The molecule has 5 nitrogen and oxygen atoms in total. The number of nitrogens with zero attached hydrogens (tertiary/aromatic N) is 2. The number of amides is 1. The maximum atomic E-state index is 11.8. The van der Waals surface area contributed by atoms with E-state index in [1.807, 2.05) is 13.8 Å². The molecule has 0 saturated heterocycles. The van der Waals surface area contributed by atoms with Crippen molar-refractivity contribution in [3.8, 4) is 6.07 Å². The molecular weight excluding hydrogens is 216 g/mol. The number of H-pyrrole nitrogens is 1. The molecule has 1 fully saturated rings. The molecule has 90 valence electrons. The van der Waals surface area contributed by atoms with Crippen molar-refractivity contribution in [1.82, 2.24) is 10.2 Å². The molecule has 0 unspecified atom stereocenters. The third-order valence-electron chi connectivity index (χ3n) is 3.20. The summed E-state index contributed by atoms with van der Waals surface area (Å²) in [6.45, 7) is 3.96. The molecule has 1 amide bonds. The van der Waals surface area contributed by atoms with Crippen LogP contribution in [0.15, 0.2) is 0 Å². The van der Waals surface area contributed by atoms with Crippen LogP contribution in [-0.2, 0) is 4.79 Å². The first-order chi connectivity index (χ1) is 8.13. The Labute approximate surface area is 100 Å². The molecule has 0 aliphatic heterocycles. The Morgan fingerprint density at radius 3 is 2.76 bits per heavy atom. The minimum atomic E-state index is -0.0189. The molecular formula is C12H16N4O. The first kappa shape index (κ1) is 11.6. The fourth-order valence-corrected chi connectivity index (χ4v) is 1.87. The number of nitrogens with one attached hydrogen (secondary N) is 2. The summed E-state index contributed by atoms with van der Waals surface area (Å²) in [5, 5.41) is 18.7. The Morgan fingerprint density at radius 2 is 2.29 bits per heavy atom. The number of hydrogen-bond donors (Lipinski definition) is 2. The topological polar surface area (TPSA) is 81.6 Å². The molecule has 1 aromatic rings. The molecule has 5 heteroatoms. The van der Waals surface area contributed by atoms with E-state index in [0.29, 0.717) is 11.4 Å². The first-order valence-corrected chi connectivity index (χ1v) is 5.92. The highest BCUT2D eigenvalue weighted by atomic mass is 16.2. The zero-order valence-electron chi connectivity index (χ0n) is 10.1. The molecule has 17 heavy (non-hydrogen) atoms. The Balaban J connectivity index is 2.15. The summed E-state index contributed by atoms with van der Waals surface area (Å²) in [4.78, 5) is 11.8. The Morgan fingerprint density at radius 1 is 1.59 bits per heavy atom. The van der Waals surface area contributed by atoms with Crippen LogP contribution in [0.25, 0.3) is 0 Å². The quantitative estimate of drug-likeness (QED) is 0.837. The lowest BCUT2D eigenvalue weighted by atomic mass is 9.85. The molecule has 1 aliphatic rings. The Bertz CT molecular complexity index is 465. The standard InChI is InChI=1S/C12H16N4O/c1-7(2)10-9(6-13)11(16-15-10)14-12(17)8-4-3-5-8/h7-8H,3-5H2,1-2H3,(H2,14,15,16,17). The molecule has 1 aliphatic carbocycles. The van der Waals surface area contributed by atoms with E-state index < -0.39 is 0 Å². The molecule has 2 N–H and O–H groups in total. The Hall–Kier alpha value is -1.83. The van der Waals surface area contributed by atoms with Crippen LogP contribution >= 0.6 is 0 Å². The van der Waals surface area contributed by atoms with Gasteiger partial charge in [0.1, 0.15) is 11.6 Å². The van der Waals surface area contributed by atoms with Crippen LogP contribution in [0, 0.1) is 17.2 Å². The summed E-state index contributed by atoms with van der Waals surface area (Å²) in [6.07, 6.45) is 2.99. The minimum absolute atomic E-state index is 0.0189. The van der Waals surface area contributed by atoms with E-state index in [2.05, 4.69) is 21.6 Å². The second-order valence-electron chi connectivity index (χ2n) is 4.74. The van der Waals surface area contributed by atoms with Gasteiger partial charge in [-0.05, 0) is 18.8 Å². The van der Waals surface area contributed by atoms with Gasteiger partial charge in [0.2, 0.25) is 5.91 Å². The largest absolute Gasteiger partial charge is 0.308 e. The average molecular weight is 232 g/mol. The number of hydrogen-bond acceptors (Lipinski definition) is 3. The van der Waals surface area contributed by atoms with Crippen molar-refractivity contribution < 1.29 is 4.79 Å². The molecule has 1 heterocycles. The minimum Gasteiger partial charge on any atom is -0.308 e. The van der Waals surface area contributed by atoms with Crippen molar-refractivity contribution in [3.05, 3.63) is 11.3 Å². The lowest BCUT2D eigenvalue weighted by Crippen LogP contribution is -2.28. The van der Waals surface area contributed by atoms with Gasteiger partial charge in [0.25, 0.3) is 0 Å². The normalized spacial score (nSPS) is 15.4. The number of anilines is 1. The van der Waals surface area contributed by atoms with Crippen molar-refractivity contribution >= 4 is 11.7 Å². The predicted molar refractivity (Wildman–Crippen MR) is 63.4 cm³/mol.